The maximum Gasteiger partial charge on any atom is 0.258 e. The Bertz CT molecular complexity index is 2650. The zero-order valence-corrected chi connectivity index (χ0v) is 42.6. The molecular formula is C60H62Cl2N4O6. The van der Waals surface area contributed by atoms with Gasteiger partial charge in [0.2, 0.25) is 11.8 Å². The zero-order valence-electron chi connectivity index (χ0n) is 41.1. The Labute approximate surface area is 433 Å². The van der Waals surface area contributed by atoms with Crippen molar-refractivity contribution in [3.63, 3.8) is 0 Å². The number of nitrogens with one attached hydrogen (secondary N) is 2. The molecule has 72 heavy (non-hydrogen) atoms. The normalized spacial score (nSPS) is 22.1. The van der Waals surface area contributed by atoms with Gasteiger partial charge in [0.25, 0.3) is 11.8 Å². The van der Waals surface area contributed by atoms with Crippen LogP contribution in [0.4, 0.5) is 0 Å². The minimum absolute atomic E-state index is 0.122. The molecule has 6 aromatic carbocycles. The van der Waals surface area contributed by atoms with Crippen molar-refractivity contribution in [2.45, 2.75) is 88.7 Å². The minimum Gasteiger partial charge on any atom is -0.490 e. The highest BCUT2D eigenvalue weighted by molar-refractivity contribution is 6.31. The molecule has 0 aliphatic carbocycles. The maximum atomic E-state index is 13.8. The third kappa shape index (κ3) is 14.5. The number of ether oxygens (including phenoxy) is 2. The Morgan fingerprint density at radius 2 is 0.833 bits per heavy atom. The molecule has 6 aromatic rings. The third-order valence-corrected chi connectivity index (χ3v) is 13.2. The number of amides is 4. The van der Waals surface area contributed by atoms with Gasteiger partial charge in [-0.2, -0.15) is 0 Å². The van der Waals surface area contributed by atoms with Crippen LogP contribution in [-0.4, -0.2) is 71.8 Å². The summed E-state index contributed by atoms with van der Waals surface area (Å²) >= 11 is 12.5. The van der Waals surface area contributed by atoms with E-state index in [0.717, 1.165) is 22.3 Å². The first-order chi connectivity index (χ1) is 34.8. The molecule has 2 N–H and O–H groups in total. The number of hydrogen-bond acceptors (Lipinski definition) is 6. The molecule has 0 unspecified atom stereocenters. The quantitative estimate of drug-likeness (QED) is 0.161. The molecule has 0 saturated carbocycles. The Balaban J connectivity index is 0.000000211. The van der Waals surface area contributed by atoms with Crippen molar-refractivity contribution in [2.75, 3.05) is 14.1 Å². The van der Waals surface area contributed by atoms with Gasteiger partial charge in [-0.15, -0.1) is 0 Å². The Morgan fingerprint density at radius 3 is 1.22 bits per heavy atom. The molecule has 0 spiro atoms. The average molecular weight is 1010 g/mol. The standard InChI is InChI=1S/2C30H31ClN2O3/c2*1-21-11-6-8-17-26(23-14-10-15-24(31)20-23)32-29(34)27(19-22-12-4-3-5-13-22)33(2)30(35)25-16-7-9-18-28(25)36-21/h2*3-10,12-16,18,20-21,26-27H,11,17,19H2,1-2H3,(H,32,34)/b8-6+;8-6-/t2*21-,26-,27-/m00/s1. The second-order valence-electron chi connectivity index (χ2n) is 18.2. The number of para-hydroxylation sites is 2. The highest BCUT2D eigenvalue weighted by Gasteiger charge is 2.33. The summed E-state index contributed by atoms with van der Waals surface area (Å²) in [7, 11) is 3.35. The summed E-state index contributed by atoms with van der Waals surface area (Å²) in [5.74, 6) is 0.0568. The molecule has 4 amide bonds. The topological polar surface area (TPSA) is 117 Å². The first-order valence-electron chi connectivity index (χ1n) is 24.4. The lowest BCUT2D eigenvalue weighted by Gasteiger charge is -2.30. The van der Waals surface area contributed by atoms with Crippen molar-refractivity contribution in [1.82, 2.24) is 20.4 Å². The molecule has 10 nitrogen and oxygen atoms in total. The number of hydrogen-bond donors (Lipinski definition) is 2. The summed E-state index contributed by atoms with van der Waals surface area (Å²) in [6, 6.07) is 46.9. The molecule has 0 bridgehead atoms. The van der Waals surface area contributed by atoms with Crippen molar-refractivity contribution >= 4 is 46.8 Å². The zero-order chi connectivity index (χ0) is 51.0. The Kier molecular flexibility index (Phi) is 18.9. The van der Waals surface area contributed by atoms with Crippen molar-refractivity contribution in [2.24, 2.45) is 0 Å². The molecule has 0 saturated heterocycles. The molecule has 0 fully saturated rings. The molecule has 8 rings (SSSR count). The van der Waals surface area contributed by atoms with Crippen molar-refractivity contribution in [3.05, 3.63) is 225 Å². The molecule has 2 heterocycles. The van der Waals surface area contributed by atoms with Crippen LogP contribution in [0.5, 0.6) is 11.5 Å². The van der Waals surface area contributed by atoms with Crippen LogP contribution in [0.3, 0.4) is 0 Å². The van der Waals surface area contributed by atoms with Crippen LogP contribution in [0, 0.1) is 0 Å². The van der Waals surface area contributed by atoms with Crippen LogP contribution in [0.2, 0.25) is 10.0 Å². The minimum atomic E-state index is -0.723. The second kappa shape index (κ2) is 25.8. The number of fused-ring (bicyclic) bond motifs is 2. The lowest BCUT2D eigenvalue weighted by Crippen LogP contribution is -2.49. The lowest BCUT2D eigenvalue weighted by molar-refractivity contribution is -0.126. The van der Waals surface area contributed by atoms with Gasteiger partial charge in [-0.05, 0) is 97.5 Å². The summed E-state index contributed by atoms with van der Waals surface area (Å²) in [5, 5.41) is 7.61. The summed E-state index contributed by atoms with van der Waals surface area (Å²) in [4.78, 5) is 58.0. The van der Waals surface area contributed by atoms with E-state index >= 15 is 0 Å². The summed E-state index contributed by atoms with van der Waals surface area (Å²) in [6.45, 7) is 3.96. The van der Waals surface area contributed by atoms with Gasteiger partial charge in [0.1, 0.15) is 23.6 Å². The van der Waals surface area contributed by atoms with E-state index in [0.29, 0.717) is 71.2 Å². The van der Waals surface area contributed by atoms with E-state index in [4.69, 9.17) is 32.7 Å². The fourth-order valence-corrected chi connectivity index (χ4v) is 9.15. The number of likely N-dealkylation sites (N-methyl/N-ethyl adjacent to an activating group) is 2. The predicted molar refractivity (Wildman–Crippen MR) is 287 cm³/mol. The number of benzene rings is 6. The van der Waals surface area contributed by atoms with Crippen LogP contribution >= 0.6 is 23.2 Å². The van der Waals surface area contributed by atoms with Gasteiger partial charge < -0.3 is 29.9 Å². The van der Waals surface area contributed by atoms with E-state index in [2.05, 4.69) is 34.9 Å². The smallest absolute Gasteiger partial charge is 0.258 e. The highest BCUT2D eigenvalue weighted by atomic mass is 35.5. The van der Waals surface area contributed by atoms with E-state index in [9.17, 15) is 19.2 Å². The SMILES string of the molecule is C[C@H]1C/C=C/C[C@@H](c2cccc(Cl)c2)NC(=O)[C@H](Cc2ccccc2)N(C)C(=O)c2ccccc2O1.C[C@H]1C/C=C\C[C@@H](c2cccc(Cl)c2)NC(=O)[C@H](Cc2ccccc2)N(C)C(=O)c2ccccc2O1. The molecule has 0 radical (unpaired) electrons. The number of rotatable bonds is 6. The Hall–Kier alpha value is -7.14. The van der Waals surface area contributed by atoms with Gasteiger partial charge in [0.05, 0.1) is 35.4 Å². The maximum absolute atomic E-state index is 13.8. The van der Waals surface area contributed by atoms with Gasteiger partial charge in [-0.25, -0.2) is 0 Å². The average Bonchev–Trinajstić information content (AvgIpc) is 3.38. The van der Waals surface area contributed by atoms with E-state index in [1.54, 1.807) is 38.4 Å². The Morgan fingerprint density at radius 1 is 0.472 bits per heavy atom. The monoisotopic (exact) mass is 1000 g/mol. The predicted octanol–water partition coefficient (Wildman–Crippen LogP) is 12.0. The number of nitrogens with zero attached hydrogens (tertiary/aromatic N) is 2. The van der Waals surface area contributed by atoms with Gasteiger partial charge in [0, 0.05) is 49.8 Å². The van der Waals surface area contributed by atoms with E-state index in [1.807, 2.05) is 147 Å². The molecule has 2 aliphatic rings. The summed E-state index contributed by atoms with van der Waals surface area (Å²) < 4.78 is 12.3. The molecular weight excluding hydrogens is 944 g/mol. The van der Waals surface area contributed by atoms with Gasteiger partial charge >= 0.3 is 0 Å². The number of halogens is 2. The first-order valence-corrected chi connectivity index (χ1v) is 25.1. The number of carbonyl (C=O) groups is 4. The van der Waals surface area contributed by atoms with Gasteiger partial charge in [0.15, 0.2) is 0 Å². The highest BCUT2D eigenvalue weighted by Crippen LogP contribution is 2.29. The fourth-order valence-electron chi connectivity index (χ4n) is 8.75. The van der Waals surface area contributed by atoms with E-state index in [-0.39, 0.29) is 47.9 Å². The summed E-state index contributed by atoms with van der Waals surface area (Å²) in [5.41, 5.74) is 4.63. The van der Waals surface area contributed by atoms with E-state index in [1.165, 1.54) is 9.80 Å². The molecule has 6 atom stereocenters. The van der Waals surface area contributed by atoms with Gasteiger partial charge in [-0.3, -0.25) is 19.2 Å². The van der Waals surface area contributed by atoms with E-state index < -0.39 is 12.1 Å². The molecule has 0 aromatic heterocycles. The summed E-state index contributed by atoms with van der Waals surface area (Å²) in [6.07, 6.45) is 11.3. The molecule has 2 aliphatic heterocycles. The second-order valence-corrected chi connectivity index (χ2v) is 19.1. The van der Waals surface area contributed by atoms with Crippen molar-refractivity contribution < 1.29 is 28.7 Å². The van der Waals surface area contributed by atoms with Crippen LogP contribution in [0.15, 0.2) is 182 Å². The van der Waals surface area contributed by atoms with Crippen LogP contribution < -0.4 is 20.1 Å². The van der Waals surface area contributed by atoms with Crippen molar-refractivity contribution in [3.8, 4) is 11.5 Å². The van der Waals surface area contributed by atoms with Gasteiger partial charge in [-0.1, -0.05) is 157 Å². The van der Waals surface area contributed by atoms with Crippen LogP contribution in [-0.2, 0) is 22.4 Å². The van der Waals surface area contributed by atoms with Crippen LogP contribution in [0.1, 0.15) is 94.6 Å². The largest absolute Gasteiger partial charge is 0.490 e. The molecule has 372 valence electrons. The van der Waals surface area contributed by atoms with Crippen LogP contribution in [0.25, 0.3) is 0 Å². The number of carbonyl (C=O) groups excluding carboxylic acids is 4. The first kappa shape index (κ1) is 52.7. The fraction of sp³-hybridized carbons (Fsp3) is 0.267. The van der Waals surface area contributed by atoms with Crippen molar-refractivity contribution in [1.29, 1.82) is 0 Å². The third-order valence-electron chi connectivity index (χ3n) is 12.8. The lowest BCUT2D eigenvalue weighted by atomic mass is 9.99. The molecule has 12 heteroatoms.